The highest BCUT2D eigenvalue weighted by Crippen LogP contribution is 2.35. The van der Waals surface area contributed by atoms with Crippen molar-refractivity contribution in [3.05, 3.63) is 43.6 Å². The number of benzene rings is 1. The van der Waals surface area contributed by atoms with Crippen molar-refractivity contribution in [1.29, 1.82) is 0 Å². The Hall–Kier alpha value is -0.430. The molecule has 1 unspecified atom stereocenters. The molecule has 1 atom stereocenters. The van der Waals surface area contributed by atoms with Crippen LogP contribution in [0.5, 0.6) is 0 Å². The molecule has 7 heteroatoms. The first-order valence-electron chi connectivity index (χ1n) is 6.28. The van der Waals surface area contributed by atoms with Crippen molar-refractivity contribution < 1.29 is 0 Å². The second-order valence-electron chi connectivity index (χ2n) is 4.42. The molecule has 0 spiro atoms. The van der Waals surface area contributed by atoms with Gasteiger partial charge in [-0.3, -0.25) is 0 Å². The van der Waals surface area contributed by atoms with Gasteiger partial charge in [0.25, 0.3) is 0 Å². The summed E-state index contributed by atoms with van der Waals surface area (Å²) in [5, 5.41) is 12.3. The Kier molecular flexibility index (Phi) is 5.60. The van der Waals surface area contributed by atoms with Crippen LogP contribution < -0.4 is 5.32 Å². The van der Waals surface area contributed by atoms with E-state index in [-0.39, 0.29) is 6.04 Å². The Balaban J connectivity index is 2.50. The molecule has 0 aliphatic rings. The van der Waals surface area contributed by atoms with Crippen LogP contribution in [0, 0.1) is 0 Å². The first-order valence-corrected chi connectivity index (χ1v) is 8.25. The molecule has 0 saturated carbocycles. The molecular formula is C13H15Br2ClN4. The average molecular weight is 423 g/mol. The lowest BCUT2D eigenvalue weighted by Crippen LogP contribution is -2.26. The number of nitrogens with zero attached hydrogens (tertiary/aromatic N) is 3. The van der Waals surface area contributed by atoms with Crippen LogP contribution in [0.3, 0.4) is 0 Å². The second kappa shape index (κ2) is 7.02. The van der Waals surface area contributed by atoms with Gasteiger partial charge in [-0.05, 0) is 56.5 Å². The lowest BCUT2D eigenvalue weighted by Gasteiger charge is -2.21. The molecule has 108 valence electrons. The molecule has 0 aliphatic carbocycles. The molecule has 0 aliphatic heterocycles. The quantitative estimate of drug-likeness (QED) is 0.790. The van der Waals surface area contributed by atoms with Crippen LogP contribution in [0.1, 0.15) is 30.6 Å². The number of nitrogens with one attached hydrogen (secondary N) is 1. The molecule has 0 amide bonds. The summed E-state index contributed by atoms with van der Waals surface area (Å²) in [7, 11) is 1.87. The highest BCUT2D eigenvalue weighted by Gasteiger charge is 2.24. The zero-order valence-corrected chi connectivity index (χ0v) is 15.1. The fourth-order valence-electron chi connectivity index (χ4n) is 2.03. The summed E-state index contributed by atoms with van der Waals surface area (Å²) in [4.78, 5) is 0. The molecule has 2 rings (SSSR count). The van der Waals surface area contributed by atoms with E-state index in [1.54, 1.807) is 4.68 Å². The van der Waals surface area contributed by atoms with Crippen LogP contribution in [-0.4, -0.2) is 21.5 Å². The molecule has 0 radical (unpaired) electrons. The number of rotatable bonds is 5. The van der Waals surface area contributed by atoms with Gasteiger partial charge in [-0.2, -0.15) is 0 Å². The van der Waals surface area contributed by atoms with E-state index in [9.17, 15) is 0 Å². The Morgan fingerprint density at radius 2 is 2.15 bits per heavy atom. The highest BCUT2D eigenvalue weighted by molar-refractivity contribution is 9.10. The maximum absolute atomic E-state index is 6.44. The molecular weight excluding hydrogens is 407 g/mol. The summed E-state index contributed by atoms with van der Waals surface area (Å²) >= 11 is 13.4. The van der Waals surface area contributed by atoms with Crippen molar-refractivity contribution in [2.75, 3.05) is 6.54 Å². The lowest BCUT2D eigenvalue weighted by atomic mass is 10.0. The summed E-state index contributed by atoms with van der Waals surface area (Å²) in [6.07, 6.45) is 1.03. The van der Waals surface area contributed by atoms with Crippen LogP contribution in [-0.2, 0) is 7.05 Å². The van der Waals surface area contributed by atoms with E-state index in [2.05, 4.69) is 54.4 Å². The molecule has 1 aromatic heterocycles. The zero-order chi connectivity index (χ0) is 14.7. The minimum Gasteiger partial charge on any atom is -0.305 e. The fourth-order valence-corrected chi connectivity index (χ4v) is 3.20. The van der Waals surface area contributed by atoms with Gasteiger partial charge in [-0.1, -0.05) is 35.9 Å². The Morgan fingerprint density at radius 1 is 1.40 bits per heavy atom. The first kappa shape index (κ1) is 15.9. The summed E-state index contributed by atoms with van der Waals surface area (Å²) in [5.74, 6) is 0. The second-order valence-corrected chi connectivity index (χ2v) is 6.40. The van der Waals surface area contributed by atoms with Crippen LogP contribution in [0.15, 0.2) is 27.3 Å². The minimum atomic E-state index is -0.0608. The minimum absolute atomic E-state index is 0.0608. The van der Waals surface area contributed by atoms with E-state index in [1.807, 2.05) is 25.2 Å². The van der Waals surface area contributed by atoms with E-state index in [0.29, 0.717) is 5.02 Å². The molecule has 1 N–H and O–H groups in total. The van der Waals surface area contributed by atoms with Gasteiger partial charge in [0.15, 0.2) is 4.60 Å². The standard InChI is InChI=1S/C13H15Br2ClN4/c1-3-7-17-11(12-13(15)18-19-20(12)2)8-5-4-6-9(14)10(8)16/h4-6,11,17H,3,7H2,1-2H3. The maximum atomic E-state index is 6.44. The van der Waals surface area contributed by atoms with Gasteiger partial charge in [0.05, 0.1) is 16.8 Å². The zero-order valence-electron chi connectivity index (χ0n) is 11.2. The van der Waals surface area contributed by atoms with Crippen LogP contribution >= 0.6 is 43.5 Å². The number of hydrogen-bond donors (Lipinski definition) is 1. The molecule has 0 bridgehead atoms. The summed E-state index contributed by atoms with van der Waals surface area (Å²) in [5.41, 5.74) is 1.96. The first-order chi connectivity index (χ1) is 9.56. The van der Waals surface area contributed by atoms with Gasteiger partial charge in [-0.15, -0.1) is 5.10 Å². The van der Waals surface area contributed by atoms with E-state index < -0.39 is 0 Å². The summed E-state index contributed by atoms with van der Waals surface area (Å²) in [6.45, 7) is 3.01. The smallest absolute Gasteiger partial charge is 0.153 e. The monoisotopic (exact) mass is 420 g/mol. The topological polar surface area (TPSA) is 42.7 Å². The van der Waals surface area contributed by atoms with Crippen molar-refractivity contribution in [3.63, 3.8) is 0 Å². The predicted molar refractivity (Wildman–Crippen MR) is 88.0 cm³/mol. The van der Waals surface area contributed by atoms with E-state index in [4.69, 9.17) is 11.6 Å². The number of halogens is 3. The van der Waals surface area contributed by atoms with Gasteiger partial charge in [0, 0.05) is 11.5 Å². The largest absolute Gasteiger partial charge is 0.305 e. The van der Waals surface area contributed by atoms with Crippen molar-refractivity contribution in [1.82, 2.24) is 20.3 Å². The fraction of sp³-hybridized carbons (Fsp3) is 0.385. The Bertz CT molecular complexity index is 581. The highest BCUT2D eigenvalue weighted by atomic mass is 79.9. The van der Waals surface area contributed by atoms with Gasteiger partial charge >= 0.3 is 0 Å². The van der Waals surface area contributed by atoms with E-state index in [0.717, 1.165) is 33.3 Å². The Labute approximate surface area is 140 Å². The number of aromatic nitrogens is 3. The van der Waals surface area contributed by atoms with Gasteiger partial charge in [0.1, 0.15) is 0 Å². The van der Waals surface area contributed by atoms with Crippen LogP contribution in [0.25, 0.3) is 0 Å². The third kappa shape index (κ3) is 3.24. The average Bonchev–Trinajstić information content (AvgIpc) is 2.75. The molecule has 2 aromatic rings. The molecule has 0 fully saturated rings. The SMILES string of the molecule is CCCNC(c1cccc(Br)c1Cl)c1c(Br)nnn1C. The van der Waals surface area contributed by atoms with Crippen molar-refractivity contribution in [3.8, 4) is 0 Å². The predicted octanol–water partition coefficient (Wildman–Crippen LogP) is 4.08. The Morgan fingerprint density at radius 3 is 2.75 bits per heavy atom. The molecule has 1 heterocycles. The van der Waals surface area contributed by atoms with Crippen molar-refractivity contribution in [2.45, 2.75) is 19.4 Å². The van der Waals surface area contributed by atoms with Gasteiger partial charge < -0.3 is 5.32 Å². The maximum Gasteiger partial charge on any atom is 0.153 e. The molecule has 4 nitrogen and oxygen atoms in total. The van der Waals surface area contributed by atoms with Crippen LogP contribution in [0.4, 0.5) is 0 Å². The number of hydrogen-bond acceptors (Lipinski definition) is 3. The molecule has 0 saturated heterocycles. The van der Waals surface area contributed by atoms with Crippen molar-refractivity contribution >= 4 is 43.5 Å². The van der Waals surface area contributed by atoms with E-state index >= 15 is 0 Å². The van der Waals surface area contributed by atoms with E-state index in [1.165, 1.54) is 0 Å². The van der Waals surface area contributed by atoms with Crippen LogP contribution in [0.2, 0.25) is 5.02 Å². The summed E-state index contributed by atoms with van der Waals surface area (Å²) < 4.78 is 3.37. The lowest BCUT2D eigenvalue weighted by molar-refractivity contribution is 0.549. The molecule has 1 aromatic carbocycles. The number of aryl methyl sites for hydroxylation is 1. The van der Waals surface area contributed by atoms with Crippen molar-refractivity contribution in [2.24, 2.45) is 7.05 Å². The third-order valence-electron chi connectivity index (χ3n) is 2.99. The summed E-state index contributed by atoms with van der Waals surface area (Å²) in [6, 6.07) is 5.86. The normalized spacial score (nSPS) is 12.7. The van der Waals surface area contributed by atoms with Gasteiger partial charge in [-0.25, -0.2) is 4.68 Å². The van der Waals surface area contributed by atoms with Gasteiger partial charge in [0.2, 0.25) is 0 Å². The molecule has 20 heavy (non-hydrogen) atoms. The third-order valence-corrected chi connectivity index (χ3v) is 4.87.